The molecule has 0 spiro atoms. The number of urea groups is 1. The normalized spacial score (nSPS) is 16.4. The molecule has 0 saturated carbocycles. The molecule has 1 saturated heterocycles. The SMILES string of the molecule is CN(C(=O)/N=C(/N)C=CC(C)(C)C)C1CCN(c2cnc(N)c(C=N)c2)CC1. The largest absolute Gasteiger partial charge is 0.384 e. The van der Waals surface area contributed by atoms with Crippen LogP contribution in [0.2, 0.25) is 0 Å². The molecular weight excluding hydrogens is 354 g/mol. The summed E-state index contributed by atoms with van der Waals surface area (Å²) in [5, 5.41) is 7.42. The highest BCUT2D eigenvalue weighted by molar-refractivity contribution is 5.99. The van der Waals surface area contributed by atoms with E-state index in [0.29, 0.717) is 11.4 Å². The van der Waals surface area contributed by atoms with Crippen molar-refractivity contribution in [1.82, 2.24) is 9.88 Å². The van der Waals surface area contributed by atoms with Crippen molar-refractivity contribution in [1.29, 1.82) is 5.41 Å². The zero-order chi connectivity index (χ0) is 20.9. The first-order valence-electron chi connectivity index (χ1n) is 9.42. The number of amides is 2. The second-order valence-corrected chi connectivity index (χ2v) is 8.16. The summed E-state index contributed by atoms with van der Waals surface area (Å²) < 4.78 is 0. The third-order valence-corrected chi connectivity index (χ3v) is 4.75. The number of nitrogen functional groups attached to an aromatic ring is 1. The maximum Gasteiger partial charge on any atom is 0.345 e. The molecule has 2 amide bonds. The number of nitrogens with zero attached hydrogens (tertiary/aromatic N) is 4. The fourth-order valence-corrected chi connectivity index (χ4v) is 3.00. The molecule has 1 aromatic rings. The maximum absolute atomic E-state index is 12.4. The molecule has 0 unspecified atom stereocenters. The van der Waals surface area contributed by atoms with Gasteiger partial charge in [0, 0.05) is 38.0 Å². The molecule has 8 nitrogen and oxygen atoms in total. The number of aromatic nitrogens is 1. The summed E-state index contributed by atoms with van der Waals surface area (Å²) >= 11 is 0. The molecule has 0 radical (unpaired) electrons. The van der Waals surface area contributed by atoms with Crippen LogP contribution < -0.4 is 16.4 Å². The van der Waals surface area contributed by atoms with E-state index in [4.69, 9.17) is 16.9 Å². The quantitative estimate of drug-likeness (QED) is 0.543. The number of nitrogens with two attached hydrogens (primary N) is 2. The van der Waals surface area contributed by atoms with Gasteiger partial charge in [0.1, 0.15) is 11.7 Å². The number of rotatable bonds is 4. The Morgan fingerprint density at radius 2 is 2.04 bits per heavy atom. The summed E-state index contributed by atoms with van der Waals surface area (Å²) in [6.07, 6.45) is 8.19. The van der Waals surface area contributed by atoms with Crippen LogP contribution in [0.15, 0.2) is 29.4 Å². The molecule has 0 aromatic carbocycles. The molecule has 1 fully saturated rings. The summed E-state index contributed by atoms with van der Waals surface area (Å²) in [4.78, 5) is 24.4. The smallest absolute Gasteiger partial charge is 0.345 e. The molecule has 1 aromatic heterocycles. The molecular formula is C20H31N7O. The van der Waals surface area contributed by atoms with Crippen molar-refractivity contribution in [2.45, 2.75) is 39.7 Å². The fraction of sp³-hybridized carbons (Fsp3) is 0.500. The molecule has 28 heavy (non-hydrogen) atoms. The van der Waals surface area contributed by atoms with Crippen molar-refractivity contribution in [2.24, 2.45) is 16.1 Å². The minimum absolute atomic E-state index is 0.0174. The molecule has 8 heteroatoms. The highest BCUT2D eigenvalue weighted by atomic mass is 16.2. The average Bonchev–Trinajstić information content (AvgIpc) is 2.66. The molecule has 5 N–H and O–H groups in total. The summed E-state index contributed by atoms with van der Waals surface area (Å²) in [6, 6.07) is 1.66. The van der Waals surface area contributed by atoms with Crippen molar-refractivity contribution in [3.63, 3.8) is 0 Å². The molecule has 0 aliphatic carbocycles. The zero-order valence-corrected chi connectivity index (χ0v) is 17.1. The van der Waals surface area contributed by atoms with E-state index >= 15 is 0 Å². The number of amidine groups is 1. The lowest BCUT2D eigenvalue weighted by atomic mass is 9.96. The van der Waals surface area contributed by atoms with Gasteiger partial charge in [0.25, 0.3) is 0 Å². The van der Waals surface area contributed by atoms with Gasteiger partial charge in [-0.2, -0.15) is 4.99 Å². The number of carbonyl (C=O) groups excluding carboxylic acids is 1. The number of hydrogen-bond acceptors (Lipinski definition) is 5. The predicted molar refractivity (Wildman–Crippen MR) is 115 cm³/mol. The Morgan fingerprint density at radius 1 is 1.39 bits per heavy atom. The first-order chi connectivity index (χ1) is 13.1. The van der Waals surface area contributed by atoms with E-state index in [9.17, 15) is 4.79 Å². The average molecular weight is 386 g/mol. The first kappa shape index (κ1) is 21.4. The molecule has 2 rings (SSSR count). The van der Waals surface area contributed by atoms with Crippen LogP contribution in [0.4, 0.5) is 16.3 Å². The van der Waals surface area contributed by atoms with E-state index < -0.39 is 0 Å². The first-order valence-corrected chi connectivity index (χ1v) is 9.42. The minimum Gasteiger partial charge on any atom is -0.384 e. The van der Waals surface area contributed by atoms with Crippen LogP contribution in [-0.2, 0) is 0 Å². The number of hydrogen-bond donors (Lipinski definition) is 3. The predicted octanol–water partition coefficient (Wildman–Crippen LogP) is 2.64. The summed E-state index contributed by atoms with van der Waals surface area (Å²) in [6.45, 7) is 7.74. The summed E-state index contributed by atoms with van der Waals surface area (Å²) in [5.41, 5.74) is 13.1. The molecule has 0 bridgehead atoms. The number of carbonyl (C=O) groups is 1. The number of aliphatic imine (C=N–C) groups is 1. The van der Waals surface area contributed by atoms with Crippen molar-refractivity contribution < 1.29 is 4.79 Å². The van der Waals surface area contributed by atoms with Gasteiger partial charge in [-0.1, -0.05) is 26.8 Å². The van der Waals surface area contributed by atoms with Crippen LogP contribution in [0.5, 0.6) is 0 Å². The second kappa shape index (κ2) is 8.86. The Hall–Kier alpha value is -2.90. The Labute approximate surface area is 166 Å². The highest BCUT2D eigenvalue weighted by Gasteiger charge is 2.26. The Bertz CT molecular complexity index is 771. The van der Waals surface area contributed by atoms with Crippen LogP contribution in [0, 0.1) is 10.8 Å². The van der Waals surface area contributed by atoms with E-state index in [-0.39, 0.29) is 23.3 Å². The lowest BCUT2D eigenvalue weighted by Crippen LogP contribution is -2.45. The summed E-state index contributed by atoms with van der Waals surface area (Å²) in [5.74, 6) is 0.575. The number of nitrogens with one attached hydrogen (secondary N) is 1. The molecule has 2 heterocycles. The van der Waals surface area contributed by atoms with Gasteiger partial charge >= 0.3 is 6.03 Å². The second-order valence-electron chi connectivity index (χ2n) is 8.16. The van der Waals surface area contributed by atoms with Crippen LogP contribution in [-0.4, -0.2) is 54.1 Å². The highest BCUT2D eigenvalue weighted by Crippen LogP contribution is 2.24. The molecule has 152 valence electrons. The van der Waals surface area contributed by atoms with Gasteiger partial charge in [-0.15, -0.1) is 0 Å². The lowest BCUT2D eigenvalue weighted by Gasteiger charge is -2.37. The van der Waals surface area contributed by atoms with Gasteiger partial charge in [0.2, 0.25) is 0 Å². The standard InChI is InChI=1S/C20H31N7O/c1-20(2,3)8-5-17(22)25-19(28)26(4)15-6-9-27(10-7-15)16-11-14(12-21)18(23)24-13-16/h5,8,11-13,15,21H,6-7,9-10H2,1-4H3,(H2,23,24)(H2,22,25,28). The number of allylic oxidation sites excluding steroid dienone is 1. The van der Waals surface area contributed by atoms with E-state index in [2.05, 4.69) is 35.6 Å². The Balaban J connectivity index is 1.96. The van der Waals surface area contributed by atoms with Crippen molar-refractivity contribution in [3.05, 3.63) is 30.0 Å². The minimum atomic E-state index is -0.324. The number of anilines is 2. The Kier molecular flexibility index (Phi) is 6.77. The van der Waals surface area contributed by atoms with E-state index in [0.717, 1.165) is 31.6 Å². The lowest BCUT2D eigenvalue weighted by molar-refractivity contribution is 0.189. The van der Waals surface area contributed by atoms with Crippen molar-refractivity contribution >= 4 is 29.6 Å². The molecule has 1 aliphatic heterocycles. The molecule has 0 atom stereocenters. The van der Waals surface area contributed by atoms with Gasteiger partial charge in [0.05, 0.1) is 11.9 Å². The van der Waals surface area contributed by atoms with Gasteiger partial charge < -0.3 is 26.7 Å². The zero-order valence-electron chi connectivity index (χ0n) is 17.1. The van der Waals surface area contributed by atoms with E-state index in [1.54, 1.807) is 24.2 Å². The Morgan fingerprint density at radius 3 is 2.61 bits per heavy atom. The van der Waals surface area contributed by atoms with Gasteiger partial charge in [-0.05, 0) is 30.4 Å². The van der Waals surface area contributed by atoms with Crippen LogP contribution in [0.3, 0.4) is 0 Å². The van der Waals surface area contributed by atoms with E-state index in [1.807, 2.05) is 12.1 Å². The number of piperidine rings is 1. The maximum atomic E-state index is 12.4. The van der Waals surface area contributed by atoms with Gasteiger partial charge in [-0.3, -0.25) is 0 Å². The van der Waals surface area contributed by atoms with Crippen molar-refractivity contribution in [3.8, 4) is 0 Å². The van der Waals surface area contributed by atoms with Crippen LogP contribution >= 0.6 is 0 Å². The monoisotopic (exact) mass is 385 g/mol. The molecule has 1 aliphatic rings. The topological polar surface area (TPSA) is 125 Å². The van der Waals surface area contributed by atoms with Crippen LogP contribution in [0.25, 0.3) is 0 Å². The van der Waals surface area contributed by atoms with E-state index in [1.165, 1.54) is 6.21 Å². The van der Waals surface area contributed by atoms with Gasteiger partial charge in [0.15, 0.2) is 0 Å². The summed E-state index contributed by atoms with van der Waals surface area (Å²) in [7, 11) is 1.77. The van der Waals surface area contributed by atoms with Gasteiger partial charge in [-0.25, -0.2) is 9.78 Å². The van der Waals surface area contributed by atoms with Crippen LogP contribution in [0.1, 0.15) is 39.2 Å². The fourth-order valence-electron chi connectivity index (χ4n) is 3.00. The number of pyridine rings is 1. The third kappa shape index (κ3) is 5.80. The van der Waals surface area contributed by atoms with Crippen molar-refractivity contribution in [2.75, 3.05) is 30.8 Å². The third-order valence-electron chi connectivity index (χ3n) is 4.75.